The lowest BCUT2D eigenvalue weighted by atomic mass is 10.1. The van der Waals surface area contributed by atoms with Crippen LogP contribution in [0.3, 0.4) is 0 Å². The van der Waals surface area contributed by atoms with Crippen LogP contribution in [0.5, 0.6) is 0 Å². The Labute approximate surface area is 143 Å². The van der Waals surface area contributed by atoms with Gasteiger partial charge in [0.1, 0.15) is 17.8 Å². The number of fused-ring (bicyclic) bond motifs is 1. The third kappa shape index (κ3) is 2.80. The van der Waals surface area contributed by atoms with Gasteiger partial charge in [-0.05, 0) is 25.0 Å². The first-order chi connectivity index (χ1) is 11.7. The molecule has 0 aromatic carbocycles. The van der Waals surface area contributed by atoms with E-state index in [1.54, 1.807) is 0 Å². The van der Waals surface area contributed by atoms with Crippen LogP contribution in [0, 0.1) is 0 Å². The van der Waals surface area contributed by atoms with Crippen LogP contribution in [0.1, 0.15) is 19.3 Å². The number of anilines is 1. The lowest BCUT2D eigenvalue weighted by Gasteiger charge is -2.13. The second-order valence-corrected chi connectivity index (χ2v) is 7.96. The van der Waals surface area contributed by atoms with Crippen molar-refractivity contribution in [1.82, 2.24) is 19.5 Å². The first kappa shape index (κ1) is 15.3. The Morgan fingerprint density at radius 2 is 1.96 bits per heavy atom. The highest BCUT2D eigenvalue weighted by Gasteiger charge is 2.13. The van der Waals surface area contributed by atoms with E-state index in [0.717, 1.165) is 28.0 Å². The maximum atomic E-state index is 6.06. The van der Waals surface area contributed by atoms with Crippen molar-refractivity contribution in [2.24, 2.45) is 11.4 Å². The molecule has 0 amide bonds. The van der Waals surface area contributed by atoms with Gasteiger partial charge in [0.2, 0.25) is 0 Å². The minimum absolute atomic E-state index is 0.150. The maximum absolute atomic E-state index is 6.06. The van der Waals surface area contributed by atoms with Gasteiger partial charge in [0, 0.05) is 42.1 Å². The Morgan fingerprint density at radius 1 is 1.12 bits per heavy atom. The van der Waals surface area contributed by atoms with Gasteiger partial charge in [0.05, 0.1) is 5.39 Å². The molecule has 3 aromatic heterocycles. The van der Waals surface area contributed by atoms with Gasteiger partial charge in [0.15, 0.2) is 5.82 Å². The molecule has 0 saturated carbocycles. The first-order valence-electron chi connectivity index (χ1n) is 8.13. The van der Waals surface area contributed by atoms with Crippen LogP contribution >= 0.6 is 0 Å². The number of rotatable bonds is 2. The van der Waals surface area contributed by atoms with E-state index >= 15 is 0 Å². The highest BCUT2D eigenvalue weighted by molar-refractivity contribution is 7.87. The van der Waals surface area contributed by atoms with E-state index in [-0.39, 0.29) is 10.7 Å². The summed E-state index contributed by atoms with van der Waals surface area (Å²) in [5, 5.41) is 0.876. The normalized spacial score (nSPS) is 15.7. The van der Waals surface area contributed by atoms with Crippen LogP contribution in [-0.4, -0.2) is 31.0 Å². The third-order valence-electron chi connectivity index (χ3n) is 4.32. The number of nitrogens with two attached hydrogens (primary N) is 1. The Bertz CT molecular complexity index is 905. The van der Waals surface area contributed by atoms with E-state index in [1.165, 1.54) is 37.1 Å². The van der Waals surface area contributed by atoms with Crippen LogP contribution in [0.15, 0.2) is 35.2 Å². The fourth-order valence-corrected chi connectivity index (χ4v) is 4.93. The molecule has 6 nitrogen and oxygen atoms in total. The van der Waals surface area contributed by atoms with Crippen molar-refractivity contribution in [3.8, 4) is 11.1 Å². The van der Waals surface area contributed by atoms with E-state index < -0.39 is 0 Å². The number of nitrogen functional groups attached to an aromatic ring is 1. The summed E-state index contributed by atoms with van der Waals surface area (Å²) in [6, 6.07) is 4.05. The number of aromatic nitrogens is 4. The average molecular weight is 340 g/mol. The zero-order valence-electron chi connectivity index (χ0n) is 13.6. The van der Waals surface area contributed by atoms with E-state index in [4.69, 9.17) is 10.1 Å². The highest BCUT2D eigenvalue weighted by atomic mass is 32.2. The lowest BCUT2D eigenvalue weighted by molar-refractivity contribution is 0.759. The standard InChI is InChI=1S/C17H20N6S/c1-23-10-13(15-16(18)20-11-21-17(15)23)12-5-6-14(19-9-12)22-24-7-3-2-4-8-24/h5-6,9-11H,2-4,7-8H2,1H3,(H2,18,20,21). The van der Waals surface area contributed by atoms with Crippen molar-refractivity contribution < 1.29 is 0 Å². The van der Waals surface area contributed by atoms with Gasteiger partial charge in [0.25, 0.3) is 0 Å². The van der Waals surface area contributed by atoms with E-state index in [9.17, 15) is 0 Å². The smallest absolute Gasteiger partial charge is 0.158 e. The minimum Gasteiger partial charge on any atom is -0.383 e. The second-order valence-electron chi connectivity index (χ2n) is 6.04. The highest BCUT2D eigenvalue weighted by Crippen LogP contribution is 2.32. The van der Waals surface area contributed by atoms with Crippen molar-refractivity contribution >= 4 is 33.4 Å². The van der Waals surface area contributed by atoms with Gasteiger partial charge in [-0.2, -0.15) is 0 Å². The fraction of sp³-hybridized carbons (Fsp3) is 0.353. The van der Waals surface area contributed by atoms with Gasteiger partial charge < -0.3 is 10.3 Å². The Hall–Kier alpha value is -2.28. The number of hydrogen-bond acceptors (Lipinski definition) is 5. The number of pyridine rings is 1. The summed E-state index contributed by atoms with van der Waals surface area (Å²) in [7, 11) is 2.11. The van der Waals surface area contributed by atoms with Gasteiger partial charge in [-0.3, -0.25) is 0 Å². The Kier molecular flexibility index (Phi) is 4.02. The SMILES string of the molecule is Cn1cc(-c2ccc(N=S3CCCCC3)nc2)c2c(N)ncnc21. The molecule has 24 heavy (non-hydrogen) atoms. The van der Waals surface area contributed by atoms with Crippen molar-refractivity contribution in [3.05, 3.63) is 30.9 Å². The lowest BCUT2D eigenvalue weighted by Crippen LogP contribution is -2.08. The monoisotopic (exact) mass is 340 g/mol. The number of aryl methyl sites for hydroxylation is 1. The van der Waals surface area contributed by atoms with Gasteiger partial charge in [-0.25, -0.2) is 19.3 Å². The number of hydrogen-bond donors (Lipinski definition) is 1. The van der Waals surface area contributed by atoms with Crippen molar-refractivity contribution in [2.45, 2.75) is 19.3 Å². The molecule has 0 radical (unpaired) electrons. The van der Waals surface area contributed by atoms with Crippen LogP contribution in [0.25, 0.3) is 22.2 Å². The zero-order valence-corrected chi connectivity index (χ0v) is 14.5. The molecule has 1 fully saturated rings. The molecule has 7 heteroatoms. The summed E-state index contributed by atoms with van der Waals surface area (Å²) >= 11 is 0. The summed E-state index contributed by atoms with van der Waals surface area (Å²) in [6.45, 7) is 0. The predicted molar refractivity (Wildman–Crippen MR) is 99.2 cm³/mol. The molecule has 0 unspecified atom stereocenters. The Balaban J connectivity index is 1.71. The largest absolute Gasteiger partial charge is 0.383 e. The summed E-state index contributed by atoms with van der Waals surface area (Å²) in [4.78, 5) is 13.0. The molecule has 4 heterocycles. The molecule has 3 aromatic rings. The van der Waals surface area contributed by atoms with Crippen LogP contribution in [-0.2, 0) is 17.7 Å². The molecule has 0 spiro atoms. The van der Waals surface area contributed by atoms with E-state index in [1.807, 2.05) is 30.1 Å². The topological polar surface area (TPSA) is 82.0 Å². The van der Waals surface area contributed by atoms with Gasteiger partial charge in [-0.1, -0.05) is 17.1 Å². The first-order valence-corrected chi connectivity index (χ1v) is 9.65. The molecule has 0 atom stereocenters. The summed E-state index contributed by atoms with van der Waals surface area (Å²) in [6.07, 6.45) is 9.31. The molecule has 1 aliphatic heterocycles. The fourth-order valence-electron chi connectivity index (χ4n) is 3.09. The molecular weight excluding hydrogens is 320 g/mol. The molecule has 1 saturated heterocycles. The molecule has 124 valence electrons. The van der Waals surface area contributed by atoms with Crippen molar-refractivity contribution in [1.29, 1.82) is 0 Å². The summed E-state index contributed by atoms with van der Waals surface area (Å²) in [5.41, 5.74) is 8.90. The second kappa shape index (κ2) is 6.32. The molecule has 1 aliphatic rings. The minimum atomic E-state index is 0.150. The Morgan fingerprint density at radius 3 is 2.71 bits per heavy atom. The quantitative estimate of drug-likeness (QED) is 0.776. The van der Waals surface area contributed by atoms with E-state index in [0.29, 0.717) is 5.82 Å². The molecule has 2 N–H and O–H groups in total. The number of nitrogens with zero attached hydrogens (tertiary/aromatic N) is 5. The van der Waals surface area contributed by atoms with E-state index in [2.05, 4.69) is 21.0 Å². The molecule has 4 rings (SSSR count). The zero-order chi connectivity index (χ0) is 16.5. The third-order valence-corrected chi connectivity index (χ3v) is 6.29. The molecule has 0 aliphatic carbocycles. The molecular formula is C17H20N6S. The maximum Gasteiger partial charge on any atom is 0.158 e. The predicted octanol–water partition coefficient (Wildman–Crippen LogP) is 3.23. The van der Waals surface area contributed by atoms with Crippen LogP contribution in [0.2, 0.25) is 0 Å². The average Bonchev–Trinajstić information content (AvgIpc) is 2.95. The molecule has 0 bridgehead atoms. The van der Waals surface area contributed by atoms with Crippen molar-refractivity contribution in [3.63, 3.8) is 0 Å². The van der Waals surface area contributed by atoms with Gasteiger partial charge >= 0.3 is 0 Å². The summed E-state index contributed by atoms with van der Waals surface area (Å²) in [5.74, 6) is 3.74. The summed E-state index contributed by atoms with van der Waals surface area (Å²) < 4.78 is 6.76. The van der Waals surface area contributed by atoms with Crippen LogP contribution in [0.4, 0.5) is 11.6 Å². The van der Waals surface area contributed by atoms with Crippen LogP contribution < -0.4 is 5.73 Å². The van der Waals surface area contributed by atoms with Gasteiger partial charge in [-0.15, -0.1) is 0 Å². The van der Waals surface area contributed by atoms with Crippen molar-refractivity contribution in [2.75, 3.05) is 17.2 Å².